The Bertz CT molecular complexity index is 720. The van der Waals surface area contributed by atoms with Crippen LogP contribution in [0, 0.1) is 10.1 Å². The number of benzene rings is 1. The first-order valence-corrected chi connectivity index (χ1v) is 8.09. The monoisotopic (exact) mass is 319 g/mol. The second-order valence-electron chi connectivity index (χ2n) is 5.68. The number of carbonyl (C=O) groups is 1. The molecule has 22 heavy (non-hydrogen) atoms. The van der Waals surface area contributed by atoms with Gasteiger partial charge in [-0.1, -0.05) is 0 Å². The van der Waals surface area contributed by atoms with Crippen molar-refractivity contribution in [3.05, 3.63) is 39.3 Å². The van der Waals surface area contributed by atoms with Crippen molar-refractivity contribution in [3.63, 3.8) is 0 Å². The zero-order chi connectivity index (χ0) is 15.7. The molecule has 1 amide bonds. The summed E-state index contributed by atoms with van der Waals surface area (Å²) in [5.74, 6) is -0.107. The van der Waals surface area contributed by atoms with Gasteiger partial charge in [0.1, 0.15) is 0 Å². The maximum Gasteiger partial charge on any atom is 0.270 e. The van der Waals surface area contributed by atoms with Crippen molar-refractivity contribution in [2.45, 2.75) is 37.8 Å². The quantitative estimate of drug-likeness (QED) is 0.671. The first kappa shape index (κ1) is 14.9. The minimum atomic E-state index is -0.428. The zero-order valence-electron chi connectivity index (χ0n) is 12.0. The molecule has 6 nitrogen and oxygen atoms in total. The molecule has 0 bridgehead atoms. The highest BCUT2D eigenvalue weighted by Crippen LogP contribution is 2.29. The van der Waals surface area contributed by atoms with E-state index in [4.69, 9.17) is 5.73 Å². The SMILES string of the molecule is NC1CCC(NC(=O)c2cc3cc([N+](=O)[O-])ccc3s2)CC1. The van der Waals surface area contributed by atoms with Crippen molar-refractivity contribution in [2.75, 3.05) is 0 Å². The third-order valence-corrected chi connectivity index (χ3v) is 5.16. The fraction of sp³-hybridized carbons (Fsp3) is 0.400. The molecule has 0 aliphatic heterocycles. The van der Waals surface area contributed by atoms with Gasteiger partial charge in [-0.25, -0.2) is 0 Å². The standard InChI is InChI=1S/C15H17N3O3S/c16-10-1-3-11(4-2-10)17-15(19)14-8-9-7-12(18(20)21)5-6-13(9)22-14/h5-8,10-11H,1-4,16H2,(H,17,19). The number of thiophene rings is 1. The van der Waals surface area contributed by atoms with Gasteiger partial charge in [-0.3, -0.25) is 14.9 Å². The third kappa shape index (κ3) is 3.10. The van der Waals surface area contributed by atoms with Crippen LogP contribution in [0.5, 0.6) is 0 Å². The van der Waals surface area contributed by atoms with E-state index in [0.717, 1.165) is 35.8 Å². The fourth-order valence-corrected chi connectivity index (χ4v) is 3.72. The van der Waals surface area contributed by atoms with Crippen molar-refractivity contribution in [2.24, 2.45) is 5.73 Å². The van der Waals surface area contributed by atoms with Crippen LogP contribution in [0.1, 0.15) is 35.4 Å². The number of non-ortho nitro benzene ring substituents is 1. The van der Waals surface area contributed by atoms with Gasteiger partial charge in [0.05, 0.1) is 9.80 Å². The number of hydrogen-bond donors (Lipinski definition) is 2. The molecular formula is C15H17N3O3S. The predicted molar refractivity (Wildman–Crippen MR) is 86.2 cm³/mol. The van der Waals surface area contributed by atoms with Crippen molar-refractivity contribution < 1.29 is 9.72 Å². The van der Waals surface area contributed by atoms with E-state index in [1.807, 2.05) is 0 Å². The third-order valence-electron chi connectivity index (χ3n) is 4.04. The van der Waals surface area contributed by atoms with Gasteiger partial charge in [-0.15, -0.1) is 11.3 Å². The average Bonchev–Trinajstić information content (AvgIpc) is 2.92. The largest absolute Gasteiger partial charge is 0.349 e. The molecular weight excluding hydrogens is 302 g/mol. The summed E-state index contributed by atoms with van der Waals surface area (Å²) in [6.07, 6.45) is 3.68. The highest BCUT2D eigenvalue weighted by molar-refractivity contribution is 7.20. The van der Waals surface area contributed by atoms with E-state index in [-0.39, 0.29) is 23.7 Å². The number of nitrogens with one attached hydrogen (secondary N) is 1. The summed E-state index contributed by atoms with van der Waals surface area (Å²) in [5, 5.41) is 14.6. The van der Waals surface area contributed by atoms with Crippen molar-refractivity contribution in [3.8, 4) is 0 Å². The summed E-state index contributed by atoms with van der Waals surface area (Å²) >= 11 is 1.36. The summed E-state index contributed by atoms with van der Waals surface area (Å²) in [6, 6.07) is 6.79. The minimum Gasteiger partial charge on any atom is -0.349 e. The van der Waals surface area contributed by atoms with Gasteiger partial charge in [0.15, 0.2) is 0 Å². The molecule has 2 aromatic rings. The van der Waals surface area contributed by atoms with Crippen LogP contribution in [0.25, 0.3) is 10.1 Å². The van der Waals surface area contributed by atoms with Crippen molar-refractivity contribution in [1.82, 2.24) is 5.32 Å². The molecule has 0 saturated heterocycles. The molecule has 1 aliphatic carbocycles. The second kappa shape index (κ2) is 6.02. The summed E-state index contributed by atoms with van der Waals surface area (Å²) in [6.45, 7) is 0. The lowest BCUT2D eigenvalue weighted by atomic mass is 9.92. The van der Waals surface area contributed by atoms with Gasteiger partial charge < -0.3 is 11.1 Å². The Labute approximate surface area is 131 Å². The highest BCUT2D eigenvalue weighted by atomic mass is 32.1. The highest BCUT2D eigenvalue weighted by Gasteiger charge is 2.21. The van der Waals surface area contributed by atoms with E-state index in [0.29, 0.717) is 4.88 Å². The van der Waals surface area contributed by atoms with Crippen LogP contribution in [0.2, 0.25) is 0 Å². The molecule has 0 radical (unpaired) electrons. The predicted octanol–water partition coefficient (Wildman–Crippen LogP) is 2.81. The second-order valence-corrected chi connectivity index (χ2v) is 6.76. The molecule has 7 heteroatoms. The Hall–Kier alpha value is -1.99. The van der Waals surface area contributed by atoms with Gasteiger partial charge >= 0.3 is 0 Å². The maximum absolute atomic E-state index is 12.3. The van der Waals surface area contributed by atoms with Crippen molar-refractivity contribution in [1.29, 1.82) is 0 Å². The number of carbonyl (C=O) groups excluding carboxylic acids is 1. The van der Waals surface area contributed by atoms with Crippen molar-refractivity contribution >= 4 is 33.0 Å². The number of fused-ring (bicyclic) bond motifs is 1. The van der Waals surface area contributed by atoms with Crippen LogP contribution in [0.3, 0.4) is 0 Å². The van der Waals surface area contributed by atoms with Gasteiger partial charge in [0.25, 0.3) is 11.6 Å². The molecule has 3 rings (SSSR count). The van der Waals surface area contributed by atoms with Crippen LogP contribution in [-0.4, -0.2) is 22.9 Å². The van der Waals surface area contributed by atoms with Crippen LogP contribution >= 0.6 is 11.3 Å². The Balaban J connectivity index is 1.75. The number of amides is 1. The Morgan fingerprint density at radius 3 is 2.68 bits per heavy atom. The molecule has 1 aromatic carbocycles. The normalized spacial score (nSPS) is 21.7. The Kier molecular flexibility index (Phi) is 4.08. The van der Waals surface area contributed by atoms with E-state index < -0.39 is 4.92 Å². The number of rotatable bonds is 3. The molecule has 3 N–H and O–H groups in total. The van der Waals surface area contributed by atoms with E-state index in [9.17, 15) is 14.9 Å². The first-order valence-electron chi connectivity index (χ1n) is 7.27. The lowest BCUT2D eigenvalue weighted by Crippen LogP contribution is -2.40. The number of nitro groups is 1. The Morgan fingerprint density at radius 1 is 1.27 bits per heavy atom. The summed E-state index contributed by atoms with van der Waals surface area (Å²) in [5.41, 5.74) is 5.90. The molecule has 0 unspecified atom stereocenters. The van der Waals surface area contributed by atoms with E-state index in [2.05, 4.69) is 5.32 Å². The van der Waals surface area contributed by atoms with E-state index in [1.165, 1.54) is 23.5 Å². The first-order chi connectivity index (χ1) is 10.5. The van der Waals surface area contributed by atoms with Gasteiger partial charge in [-0.2, -0.15) is 0 Å². The van der Waals surface area contributed by atoms with Gasteiger partial charge in [-0.05, 0) is 37.8 Å². The van der Waals surface area contributed by atoms with E-state index >= 15 is 0 Å². The molecule has 116 valence electrons. The zero-order valence-corrected chi connectivity index (χ0v) is 12.8. The molecule has 1 aromatic heterocycles. The smallest absolute Gasteiger partial charge is 0.270 e. The van der Waals surface area contributed by atoms with Crippen LogP contribution in [0.15, 0.2) is 24.3 Å². The van der Waals surface area contributed by atoms with E-state index in [1.54, 1.807) is 12.1 Å². The fourth-order valence-electron chi connectivity index (χ4n) is 2.78. The maximum atomic E-state index is 12.3. The molecule has 1 heterocycles. The number of hydrogen-bond acceptors (Lipinski definition) is 5. The molecule has 1 saturated carbocycles. The Morgan fingerprint density at radius 2 is 2.00 bits per heavy atom. The summed E-state index contributed by atoms with van der Waals surface area (Å²) in [4.78, 5) is 23.3. The number of nitrogens with zero attached hydrogens (tertiary/aromatic N) is 1. The van der Waals surface area contributed by atoms with Gasteiger partial charge in [0, 0.05) is 34.3 Å². The molecule has 1 aliphatic rings. The minimum absolute atomic E-state index is 0.0403. The summed E-state index contributed by atoms with van der Waals surface area (Å²) < 4.78 is 0.876. The lowest BCUT2D eigenvalue weighted by Gasteiger charge is -2.26. The lowest BCUT2D eigenvalue weighted by molar-refractivity contribution is -0.384. The topological polar surface area (TPSA) is 98.3 Å². The van der Waals surface area contributed by atoms with Crippen LogP contribution in [0.4, 0.5) is 5.69 Å². The molecule has 0 atom stereocenters. The van der Waals surface area contributed by atoms with Crippen LogP contribution in [-0.2, 0) is 0 Å². The average molecular weight is 319 g/mol. The number of nitro benzene ring substituents is 1. The van der Waals surface area contributed by atoms with Crippen LogP contribution < -0.4 is 11.1 Å². The summed E-state index contributed by atoms with van der Waals surface area (Å²) in [7, 11) is 0. The molecule has 0 spiro atoms. The van der Waals surface area contributed by atoms with Gasteiger partial charge in [0.2, 0.25) is 0 Å². The molecule has 1 fully saturated rings. The number of nitrogens with two attached hydrogens (primary N) is 1.